The molecule has 0 aromatic heterocycles. The van der Waals surface area contributed by atoms with E-state index in [-0.39, 0.29) is 11.9 Å². The Kier molecular flexibility index (Phi) is 6.68. The van der Waals surface area contributed by atoms with Gasteiger partial charge in [0.2, 0.25) is 5.91 Å². The van der Waals surface area contributed by atoms with Crippen LogP contribution in [0.2, 0.25) is 0 Å². The summed E-state index contributed by atoms with van der Waals surface area (Å²) in [7, 11) is 0. The molecule has 0 radical (unpaired) electrons. The van der Waals surface area contributed by atoms with Crippen molar-refractivity contribution in [2.24, 2.45) is 5.73 Å². The van der Waals surface area contributed by atoms with E-state index in [1.54, 1.807) is 0 Å². The van der Waals surface area contributed by atoms with Crippen LogP contribution in [0.3, 0.4) is 0 Å². The van der Waals surface area contributed by atoms with Crippen LogP contribution in [0.4, 0.5) is 0 Å². The quantitative estimate of drug-likeness (QED) is 0.762. The number of nitrogens with one attached hydrogen (secondary N) is 1. The van der Waals surface area contributed by atoms with Gasteiger partial charge >= 0.3 is 0 Å². The molecule has 0 spiro atoms. The second kappa shape index (κ2) is 8.75. The van der Waals surface area contributed by atoms with Gasteiger partial charge in [-0.1, -0.05) is 56.3 Å². The maximum atomic E-state index is 11.9. The first-order valence-corrected chi connectivity index (χ1v) is 8.85. The first kappa shape index (κ1) is 17.6. The molecule has 2 aromatic carbocycles. The Labute approximate surface area is 142 Å². The highest BCUT2D eigenvalue weighted by Gasteiger charge is 2.09. The topological polar surface area (TPSA) is 55.1 Å². The van der Waals surface area contributed by atoms with Crippen LogP contribution >= 0.6 is 11.8 Å². The Balaban J connectivity index is 1.77. The van der Waals surface area contributed by atoms with E-state index in [0.29, 0.717) is 18.2 Å². The molecule has 3 nitrogen and oxygen atoms in total. The van der Waals surface area contributed by atoms with Gasteiger partial charge in [-0.2, -0.15) is 0 Å². The minimum Gasteiger partial charge on any atom is -0.353 e. The molecule has 2 rings (SSSR count). The predicted molar refractivity (Wildman–Crippen MR) is 97.6 cm³/mol. The summed E-state index contributed by atoms with van der Waals surface area (Å²) in [6, 6.07) is 18.0. The van der Waals surface area contributed by atoms with Crippen LogP contribution < -0.4 is 11.1 Å². The number of hydrogen-bond acceptors (Lipinski definition) is 3. The van der Waals surface area contributed by atoms with Crippen molar-refractivity contribution in [1.29, 1.82) is 0 Å². The number of nitrogens with two attached hydrogens (primary N) is 1. The van der Waals surface area contributed by atoms with Crippen molar-refractivity contribution < 1.29 is 4.79 Å². The molecule has 1 unspecified atom stereocenters. The highest BCUT2D eigenvalue weighted by molar-refractivity contribution is 8.00. The number of amides is 1. The van der Waals surface area contributed by atoms with Gasteiger partial charge in [-0.25, -0.2) is 0 Å². The molecule has 0 aliphatic rings. The molecule has 4 heteroatoms. The number of carbonyl (C=O) groups excluding carboxylic acids is 1. The Morgan fingerprint density at radius 3 is 2.26 bits per heavy atom. The SMILES string of the molecule is CC(C)c1ccc(C(N)CNC(=O)CSc2ccccc2)cc1. The zero-order valence-electron chi connectivity index (χ0n) is 13.7. The Morgan fingerprint density at radius 2 is 1.65 bits per heavy atom. The number of benzene rings is 2. The first-order chi connectivity index (χ1) is 11.1. The van der Waals surface area contributed by atoms with Crippen molar-refractivity contribution in [3.63, 3.8) is 0 Å². The molecule has 122 valence electrons. The molecule has 1 atom stereocenters. The summed E-state index contributed by atoms with van der Waals surface area (Å²) in [5, 5.41) is 2.90. The van der Waals surface area contributed by atoms with Gasteiger partial charge in [0.1, 0.15) is 0 Å². The monoisotopic (exact) mass is 328 g/mol. The van der Waals surface area contributed by atoms with Gasteiger partial charge < -0.3 is 11.1 Å². The van der Waals surface area contributed by atoms with Gasteiger partial charge in [-0.15, -0.1) is 11.8 Å². The molecular weight excluding hydrogens is 304 g/mol. The minimum atomic E-state index is -0.179. The van der Waals surface area contributed by atoms with Crippen LogP contribution in [0.25, 0.3) is 0 Å². The lowest BCUT2D eigenvalue weighted by Crippen LogP contribution is -2.33. The number of thioether (sulfide) groups is 1. The molecule has 2 aromatic rings. The standard InChI is InChI=1S/C19H24N2OS/c1-14(2)15-8-10-16(11-9-15)18(20)12-21-19(22)13-23-17-6-4-3-5-7-17/h3-11,14,18H,12-13,20H2,1-2H3,(H,21,22). The van der Waals surface area contributed by atoms with Crippen LogP contribution in [0.5, 0.6) is 0 Å². The predicted octanol–water partition coefficient (Wildman–Crippen LogP) is 3.72. The van der Waals surface area contributed by atoms with Crippen molar-refractivity contribution in [3.05, 3.63) is 65.7 Å². The lowest BCUT2D eigenvalue weighted by atomic mass is 9.99. The second-order valence-corrected chi connectivity index (χ2v) is 6.88. The summed E-state index contributed by atoms with van der Waals surface area (Å²) >= 11 is 1.53. The second-order valence-electron chi connectivity index (χ2n) is 5.83. The fourth-order valence-electron chi connectivity index (χ4n) is 2.19. The van der Waals surface area contributed by atoms with E-state index in [0.717, 1.165) is 10.5 Å². The first-order valence-electron chi connectivity index (χ1n) is 7.86. The third-order valence-corrected chi connectivity index (χ3v) is 4.68. The maximum Gasteiger partial charge on any atom is 0.230 e. The molecule has 23 heavy (non-hydrogen) atoms. The summed E-state index contributed by atoms with van der Waals surface area (Å²) in [4.78, 5) is 13.0. The Morgan fingerprint density at radius 1 is 1.04 bits per heavy atom. The summed E-state index contributed by atoms with van der Waals surface area (Å²) in [6.45, 7) is 4.79. The van der Waals surface area contributed by atoms with Gasteiger partial charge in [0.15, 0.2) is 0 Å². The van der Waals surface area contributed by atoms with E-state index < -0.39 is 0 Å². The number of rotatable bonds is 7. The number of carbonyl (C=O) groups is 1. The van der Waals surface area contributed by atoms with Gasteiger partial charge in [-0.05, 0) is 29.2 Å². The summed E-state index contributed by atoms with van der Waals surface area (Å²) in [5.74, 6) is 0.923. The van der Waals surface area contributed by atoms with Crippen LogP contribution in [0.1, 0.15) is 36.9 Å². The largest absolute Gasteiger partial charge is 0.353 e. The van der Waals surface area contributed by atoms with Crippen molar-refractivity contribution in [2.75, 3.05) is 12.3 Å². The lowest BCUT2D eigenvalue weighted by Gasteiger charge is -2.14. The van der Waals surface area contributed by atoms with Crippen molar-refractivity contribution in [1.82, 2.24) is 5.32 Å². The summed E-state index contributed by atoms with van der Waals surface area (Å²) in [6.07, 6.45) is 0. The molecule has 0 aliphatic carbocycles. The van der Waals surface area contributed by atoms with E-state index in [9.17, 15) is 4.79 Å². The molecule has 1 amide bonds. The molecule has 0 bridgehead atoms. The maximum absolute atomic E-state index is 11.9. The zero-order valence-corrected chi connectivity index (χ0v) is 14.5. The van der Waals surface area contributed by atoms with E-state index >= 15 is 0 Å². The fourth-order valence-corrected chi connectivity index (χ4v) is 2.94. The molecule has 0 saturated heterocycles. The van der Waals surface area contributed by atoms with Crippen molar-refractivity contribution in [2.45, 2.75) is 30.7 Å². The third-order valence-electron chi connectivity index (χ3n) is 3.66. The van der Waals surface area contributed by atoms with Crippen LogP contribution in [-0.4, -0.2) is 18.2 Å². The molecule has 0 saturated carbocycles. The normalized spacial score (nSPS) is 12.2. The molecule has 0 fully saturated rings. The number of hydrogen-bond donors (Lipinski definition) is 2. The van der Waals surface area contributed by atoms with E-state index in [1.807, 2.05) is 42.5 Å². The third kappa shape index (κ3) is 5.73. The zero-order chi connectivity index (χ0) is 16.7. The smallest absolute Gasteiger partial charge is 0.230 e. The molecular formula is C19H24N2OS. The summed E-state index contributed by atoms with van der Waals surface area (Å²) < 4.78 is 0. The van der Waals surface area contributed by atoms with Gasteiger partial charge in [0, 0.05) is 17.5 Å². The highest BCUT2D eigenvalue weighted by atomic mass is 32.2. The van der Waals surface area contributed by atoms with E-state index in [4.69, 9.17) is 5.73 Å². The van der Waals surface area contributed by atoms with Gasteiger partial charge in [0.05, 0.1) is 5.75 Å². The van der Waals surface area contributed by atoms with Crippen molar-refractivity contribution in [3.8, 4) is 0 Å². The van der Waals surface area contributed by atoms with Crippen LogP contribution in [0.15, 0.2) is 59.5 Å². The highest BCUT2D eigenvalue weighted by Crippen LogP contribution is 2.18. The van der Waals surface area contributed by atoms with E-state index in [2.05, 4.69) is 31.3 Å². The minimum absolute atomic E-state index is 0.00750. The molecule has 3 N–H and O–H groups in total. The van der Waals surface area contributed by atoms with Crippen LogP contribution in [-0.2, 0) is 4.79 Å². The van der Waals surface area contributed by atoms with E-state index in [1.165, 1.54) is 17.3 Å². The van der Waals surface area contributed by atoms with Gasteiger partial charge in [-0.3, -0.25) is 4.79 Å². The Hall–Kier alpha value is -1.78. The average molecular weight is 328 g/mol. The summed E-state index contributed by atoms with van der Waals surface area (Å²) in [5.41, 5.74) is 8.50. The average Bonchev–Trinajstić information content (AvgIpc) is 2.58. The van der Waals surface area contributed by atoms with Crippen LogP contribution in [0, 0.1) is 0 Å². The molecule has 0 aliphatic heterocycles. The lowest BCUT2D eigenvalue weighted by molar-refractivity contribution is -0.118. The van der Waals surface area contributed by atoms with Gasteiger partial charge in [0.25, 0.3) is 0 Å². The van der Waals surface area contributed by atoms with Crippen molar-refractivity contribution >= 4 is 17.7 Å². The Bertz CT molecular complexity index is 611. The fraction of sp³-hybridized carbons (Fsp3) is 0.316. The molecule has 0 heterocycles.